The zero-order chi connectivity index (χ0) is 20.3. The molecule has 0 bridgehead atoms. The number of hydrogen-bond donors (Lipinski definition) is 3. The molecule has 5 nitrogen and oxygen atoms in total. The predicted molar refractivity (Wildman–Crippen MR) is 103 cm³/mol. The van der Waals surface area contributed by atoms with E-state index in [-0.39, 0.29) is 30.0 Å². The SMILES string of the molecule is C[C@]12CC[C@H](O)C[C@H]1CC[C@@H]1[C@@H]2CC[C@]2(C)[C@@H](/C(=C\C(=O)[O-])CO)CC[C@]12O. The van der Waals surface area contributed by atoms with E-state index < -0.39 is 17.0 Å². The van der Waals surface area contributed by atoms with Crippen LogP contribution in [0.5, 0.6) is 0 Å². The molecule has 0 radical (unpaired) electrons. The van der Waals surface area contributed by atoms with Crippen LogP contribution in [0.1, 0.15) is 71.6 Å². The number of rotatable bonds is 3. The van der Waals surface area contributed by atoms with Gasteiger partial charge in [-0.05, 0) is 98.5 Å². The lowest BCUT2D eigenvalue weighted by Gasteiger charge is -2.63. The molecule has 0 heterocycles. The fourth-order valence-electron chi connectivity index (χ4n) is 8.20. The van der Waals surface area contributed by atoms with Crippen molar-refractivity contribution < 1.29 is 25.2 Å². The molecule has 4 fully saturated rings. The Morgan fingerprint density at radius 2 is 1.82 bits per heavy atom. The molecule has 0 spiro atoms. The number of carboxylic acids is 1. The van der Waals surface area contributed by atoms with E-state index in [1.807, 2.05) is 0 Å². The number of aliphatic hydroxyl groups is 3. The van der Waals surface area contributed by atoms with Gasteiger partial charge in [0, 0.05) is 5.41 Å². The Labute approximate surface area is 167 Å². The topological polar surface area (TPSA) is 101 Å². The minimum atomic E-state index is -1.27. The smallest absolute Gasteiger partial charge is 0.0737 e. The van der Waals surface area contributed by atoms with Gasteiger partial charge in [-0.1, -0.05) is 13.8 Å². The van der Waals surface area contributed by atoms with Gasteiger partial charge in [0.25, 0.3) is 0 Å². The van der Waals surface area contributed by atoms with Gasteiger partial charge in [0.05, 0.1) is 24.3 Å². The quantitative estimate of drug-likeness (QED) is 0.637. The molecule has 4 saturated carbocycles. The lowest BCUT2D eigenvalue weighted by atomic mass is 9.43. The number of hydrogen-bond acceptors (Lipinski definition) is 5. The van der Waals surface area contributed by atoms with Crippen LogP contribution >= 0.6 is 0 Å². The molecule has 28 heavy (non-hydrogen) atoms. The Kier molecular flexibility index (Phi) is 4.96. The summed E-state index contributed by atoms with van der Waals surface area (Å²) in [4.78, 5) is 11.1. The van der Waals surface area contributed by atoms with E-state index in [0.717, 1.165) is 57.4 Å². The monoisotopic (exact) mass is 391 g/mol. The Morgan fingerprint density at radius 3 is 2.50 bits per heavy atom. The number of carbonyl (C=O) groups is 1. The summed E-state index contributed by atoms with van der Waals surface area (Å²) in [5, 5.41) is 43.2. The van der Waals surface area contributed by atoms with Gasteiger partial charge in [-0.3, -0.25) is 0 Å². The maximum atomic E-state index is 12.0. The molecule has 0 unspecified atom stereocenters. The van der Waals surface area contributed by atoms with Crippen molar-refractivity contribution in [1.29, 1.82) is 0 Å². The third-order valence-corrected chi connectivity index (χ3v) is 9.76. The molecule has 4 aliphatic carbocycles. The lowest BCUT2D eigenvalue weighted by molar-refractivity contribution is -0.297. The number of carbonyl (C=O) groups excluding carboxylic acids is 1. The maximum absolute atomic E-state index is 12.0. The van der Waals surface area contributed by atoms with Gasteiger partial charge in [0.15, 0.2) is 0 Å². The fourth-order valence-corrected chi connectivity index (χ4v) is 8.20. The average molecular weight is 392 g/mol. The number of aliphatic carboxylic acids is 1. The molecule has 4 rings (SSSR count). The van der Waals surface area contributed by atoms with Crippen LogP contribution in [0.15, 0.2) is 11.6 Å². The second kappa shape index (κ2) is 6.82. The first-order chi connectivity index (χ1) is 13.2. The van der Waals surface area contributed by atoms with Crippen LogP contribution in [0.2, 0.25) is 0 Å². The molecule has 8 atom stereocenters. The maximum Gasteiger partial charge on any atom is 0.0737 e. The number of aliphatic hydroxyl groups excluding tert-OH is 2. The molecule has 0 saturated heterocycles. The number of fused-ring (bicyclic) bond motifs is 5. The van der Waals surface area contributed by atoms with Crippen LogP contribution in [-0.2, 0) is 4.79 Å². The van der Waals surface area contributed by atoms with Gasteiger partial charge in [-0.2, -0.15) is 0 Å². The molecular weight excluding hydrogens is 356 g/mol. The van der Waals surface area contributed by atoms with Crippen molar-refractivity contribution in [2.75, 3.05) is 6.61 Å². The van der Waals surface area contributed by atoms with E-state index in [1.165, 1.54) is 0 Å². The fraction of sp³-hybridized carbons (Fsp3) is 0.870. The first-order valence-corrected chi connectivity index (χ1v) is 11.1. The van der Waals surface area contributed by atoms with E-state index in [2.05, 4.69) is 13.8 Å². The molecule has 0 aromatic carbocycles. The first kappa shape index (κ1) is 20.4. The van der Waals surface area contributed by atoms with Crippen LogP contribution in [0.25, 0.3) is 0 Å². The molecule has 5 heteroatoms. The molecule has 0 aromatic rings. The summed E-state index contributed by atoms with van der Waals surface area (Å²) < 4.78 is 0. The van der Waals surface area contributed by atoms with Crippen LogP contribution in [0, 0.1) is 34.5 Å². The second-order valence-electron chi connectivity index (χ2n) is 10.6. The standard InChI is InChI=1S/C23H36O5/c1-21-8-5-16(25)12-15(21)3-4-19-18(21)6-9-22(2)17(7-10-23(19,22)28)14(13-24)11-20(26)27/h11,15-19,24-25,28H,3-10,12-13H2,1-2H3,(H,26,27)/p-1/b14-11-/t15-,16+,17-,18+,19-,21+,22-,23+/m1/s1. The lowest BCUT2D eigenvalue weighted by Crippen LogP contribution is -2.62. The Bertz CT molecular complexity index is 674. The molecule has 0 aromatic heterocycles. The largest absolute Gasteiger partial charge is 0.545 e. The third kappa shape index (κ3) is 2.73. The second-order valence-corrected chi connectivity index (χ2v) is 10.6. The minimum absolute atomic E-state index is 0.111. The zero-order valence-electron chi connectivity index (χ0n) is 17.2. The Morgan fingerprint density at radius 1 is 1.07 bits per heavy atom. The summed E-state index contributed by atoms with van der Waals surface area (Å²) in [6.07, 6.45) is 8.96. The van der Waals surface area contributed by atoms with E-state index >= 15 is 0 Å². The highest BCUT2D eigenvalue weighted by molar-refractivity contribution is 5.78. The van der Waals surface area contributed by atoms with Crippen molar-refractivity contribution in [3.05, 3.63) is 11.6 Å². The molecule has 4 aliphatic rings. The van der Waals surface area contributed by atoms with Gasteiger partial charge in [-0.15, -0.1) is 0 Å². The third-order valence-electron chi connectivity index (χ3n) is 9.76. The van der Waals surface area contributed by atoms with Crippen molar-refractivity contribution in [2.45, 2.75) is 83.3 Å². The van der Waals surface area contributed by atoms with Gasteiger partial charge >= 0.3 is 0 Å². The summed E-state index contributed by atoms with van der Waals surface area (Å²) in [6.45, 7) is 4.20. The van der Waals surface area contributed by atoms with Crippen molar-refractivity contribution in [3.63, 3.8) is 0 Å². The highest BCUT2D eigenvalue weighted by Gasteiger charge is 2.67. The molecule has 0 amide bonds. The zero-order valence-corrected chi connectivity index (χ0v) is 17.2. The van der Waals surface area contributed by atoms with E-state index in [0.29, 0.717) is 23.8 Å². The molecule has 158 valence electrons. The Hall–Kier alpha value is -0.910. The summed E-state index contributed by atoms with van der Waals surface area (Å²) in [7, 11) is 0. The Balaban J connectivity index is 1.66. The van der Waals surface area contributed by atoms with Crippen LogP contribution in [-0.4, -0.2) is 39.6 Å². The highest BCUT2D eigenvalue weighted by atomic mass is 16.4. The van der Waals surface area contributed by atoms with E-state index in [1.54, 1.807) is 0 Å². The molecule has 0 aliphatic heterocycles. The summed E-state index contributed by atoms with van der Waals surface area (Å²) >= 11 is 0. The number of carboxylic acid groups (broad SMARTS) is 1. The minimum Gasteiger partial charge on any atom is -0.545 e. The molecular formula is C23H35O5-. The summed E-state index contributed by atoms with van der Waals surface area (Å²) in [5.74, 6) is -0.173. The highest BCUT2D eigenvalue weighted by Crippen LogP contribution is 2.69. The predicted octanol–water partition coefficient (Wildman–Crippen LogP) is 1.79. The van der Waals surface area contributed by atoms with Crippen molar-refractivity contribution in [2.24, 2.45) is 34.5 Å². The van der Waals surface area contributed by atoms with Crippen molar-refractivity contribution in [3.8, 4) is 0 Å². The van der Waals surface area contributed by atoms with E-state index in [4.69, 9.17) is 0 Å². The van der Waals surface area contributed by atoms with Crippen molar-refractivity contribution in [1.82, 2.24) is 0 Å². The van der Waals surface area contributed by atoms with Crippen LogP contribution in [0.4, 0.5) is 0 Å². The van der Waals surface area contributed by atoms with Gasteiger partial charge < -0.3 is 25.2 Å². The van der Waals surface area contributed by atoms with Gasteiger partial charge in [0.2, 0.25) is 0 Å². The average Bonchev–Trinajstić information content (AvgIpc) is 2.92. The summed E-state index contributed by atoms with van der Waals surface area (Å²) in [5.41, 5.74) is -0.546. The van der Waals surface area contributed by atoms with E-state index in [9.17, 15) is 25.2 Å². The van der Waals surface area contributed by atoms with Gasteiger partial charge in [0.1, 0.15) is 0 Å². The van der Waals surface area contributed by atoms with Crippen LogP contribution < -0.4 is 5.11 Å². The normalized spacial score (nSPS) is 51.2. The van der Waals surface area contributed by atoms with Crippen molar-refractivity contribution >= 4 is 5.97 Å². The van der Waals surface area contributed by atoms with Gasteiger partial charge in [-0.25, -0.2) is 0 Å². The first-order valence-electron chi connectivity index (χ1n) is 11.1. The summed E-state index contributed by atoms with van der Waals surface area (Å²) in [6, 6.07) is 0. The van der Waals surface area contributed by atoms with Crippen LogP contribution in [0.3, 0.4) is 0 Å². The molecule has 3 N–H and O–H groups in total.